The fourth-order valence-corrected chi connectivity index (χ4v) is 5.33. The highest BCUT2D eigenvalue weighted by Crippen LogP contribution is 2.48. The maximum absolute atomic E-state index is 14.8. The second-order valence-corrected chi connectivity index (χ2v) is 9.37. The summed E-state index contributed by atoms with van der Waals surface area (Å²) in [6.45, 7) is 3.92. The number of phenolic OH excluding ortho intramolecular Hbond substituents is 1. The van der Waals surface area contributed by atoms with Crippen LogP contribution in [0.1, 0.15) is 36.5 Å². The van der Waals surface area contributed by atoms with Gasteiger partial charge >= 0.3 is 0 Å². The van der Waals surface area contributed by atoms with Gasteiger partial charge in [-0.2, -0.15) is 0 Å². The second kappa shape index (κ2) is 10.4. The van der Waals surface area contributed by atoms with Crippen molar-refractivity contribution in [2.24, 2.45) is 0 Å². The van der Waals surface area contributed by atoms with Crippen LogP contribution >= 0.6 is 12.4 Å². The first-order chi connectivity index (χ1) is 17.2. The molecule has 1 unspecified atom stereocenters. The fourth-order valence-electron chi connectivity index (χ4n) is 5.33. The van der Waals surface area contributed by atoms with Crippen molar-refractivity contribution < 1.29 is 19.0 Å². The number of benzene rings is 4. The van der Waals surface area contributed by atoms with E-state index in [1.165, 1.54) is 25.3 Å². The number of nitrogens with zero attached hydrogens (tertiary/aromatic N) is 1. The Morgan fingerprint density at radius 2 is 1.72 bits per heavy atom. The van der Waals surface area contributed by atoms with E-state index in [4.69, 9.17) is 9.47 Å². The topological polar surface area (TPSA) is 41.9 Å². The van der Waals surface area contributed by atoms with Gasteiger partial charge in [-0.25, -0.2) is 4.39 Å². The minimum atomic E-state index is -0.481. The molecule has 6 heteroatoms. The molecule has 1 N–H and O–H groups in total. The first kappa shape index (κ1) is 24.4. The Hall–Kier alpha value is -3.28. The normalized spacial score (nSPS) is 17.0. The number of rotatable bonds is 5. The highest BCUT2D eigenvalue weighted by molar-refractivity contribution is 5.95. The lowest BCUT2D eigenvalue weighted by Gasteiger charge is -2.30. The van der Waals surface area contributed by atoms with Crippen LogP contribution in [0.15, 0.2) is 72.8 Å². The highest BCUT2D eigenvalue weighted by atomic mass is 35.5. The molecule has 36 heavy (non-hydrogen) atoms. The van der Waals surface area contributed by atoms with Gasteiger partial charge < -0.3 is 14.6 Å². The lowest BCUT2D eigenvalue weighted by Crippen LogP contribution is -2.33. The first-order valence-electron chi connectivity index (χ1n) is 12.3. The SMILES string of the molecule is Cl.Oc1ccc2c3c(ccc2c1)-c1cccc(F)c1OC3c1ccc(OCCN2CCCCC2)cc1. The smallest absolute Gasteiger partial charge is 0.165 e. The Kier molecular flexibility index (Phi) is 7.04. The third-order valence-corrected chi connectivity index (χ3v) is 7.11. The molecule has 186 valence electrons. The molecule has 4 aromatic carbocycles. The monoisotopic (exact) mass is 505 g/mol. The molecule has 0 radical (unpaired) electrons. The van der Waals surface area contributed by atoms with Gasteiger partial charge in [-0.1, -0.05) is 48.9 Å². The summed E-state index contributed by atoms with van der Waals surface area (Å²) in [5, 5.41) is 11.9. The zero-order valence-electron chi connectivity index (χ0n) is 20.0. The zero-order valence-corrected chi connectivity index (χ0v) is 20.8. The Labute approximate surface area is 216 Å². The molecule has 4 nitrogen and oxygen atoms in total. The van der Waals surface area contributed by atoms with Crippen molar-refractivity contribution in [1.29, 1.82) is 0 Å². The summed E-state index contributed by atoms with van der Waals surface area (Å²) in [5.74, 6) is 0.922. The van der Waals surface area contributed by atoms with Crippen LogP contribution in [0.25, 0.3) is 21.9 Å². The molecule has 0 amide bonds. The molecular weight excluding hydrogens is 477 g/mol. The Bertz CT molecular complexity index is 1370. The van der Waals surface area contributed by atoms with Gasteiger partial charge in [-0.05, 0) is 78.2 Å². The van der Waals surface area contributed by atoms with Gasteiger partial charge in [-0.15, -0.1) is 12.4 Å². The van der Waals surface area contributed by atoms with E-state index in [1.54, 1.807) is 18.2 Å². The summed E-state index contributed by atoms with van der Waals surface area (Å²) in [6, 6.07) is 22.2. The van der Waals surface area contributed by atoms with Crippen molar-refractivity contribution in [3.05, 3.63) is 89.7 Å². The van der Waals surface area contributed by atoms with Crippen LogP contribution < -0.4 is 9.47 Å². The van der Waals surface area contributed by atoms with E-state index in [-0.39, 0.29) is 29.7 Å². The van der Waals surface area contributed by atoms with Crippen LogP contribution in [0.4, 0.5) is 4.39 Å². The molecule has 1 atom stereocenters. The number of phenols is 1. The first-order valence-corrected chi connectivity index (χ1v) is 12.3. The average molecular weight is 506 g/mol. The van der Waals surface area contributed by atoms with Gasteiger partial charge in [0.2, 0.25) is 0 Å². The van der Waals surface area contributed by atoms with Crippen molar-refractivity contribution in [1.82, 2.24) is 4.90 Å². The predicted octanol–water partition coefficient (Wildman–Crippen LogP) is 7.12. The summed E-state index contributed by atoms with van der Waals surface area (Å²) in [7, 11) is 0. The lowest BCUT2D eigenvalue weighted by molar-refractivity contribution is 0.183. The van der Waals surface area contributed by atoms with E-state index in [0.717, 1.165) is 58.4 Å². The summed E-state index contributed by atoms with van der Waals surface area (Å²) >= 11 is 0. The number of ether oxygens (including phenoxy) is 2. The average Bonchev–Trinajstić information content (AvgIpc) is 2.89. The molecule has 0 aromatic heterocycles. The molecule has 1 saturated heterocycles. The third kappa shape index (κ3) is 4.61. The molecule has 0 saturated carbocycles. The number of fused-ring (bicyclic) bond motifs is 5. The lowest BCUT2D eigenvalue weighted by atomic mass is 9.86. The van der Waals surface area contributed by atoms with Crippen molar-refractivity contribution in [3.63, 3.8) is 0 Å². The Morgan fingerprint density at radius 1 is 0.917 bits per heavy atom. The number of likely N-dealkylation sites (tertiary alicyclic amines) is 1. The standard InChI is InChI=1S/C30H28FNO3.ClH/c31-27-6-4-5-26-25-13-9-21-19-22(33)10-14-24(21)28(25)29(35-30(26)27)20-7-11-23(12-8-20)34-18-17-32-15-2-1-3-16-32;/h4-14,19,29,33H,1-3,15-18H2;1H. The molecule has 6 rings (SSSR count). The summed E-state index contributed by atoms with van der Waals surface area (Å²) in [4.78, 5) is 2.46. The summed E-state index contributed by atoms with van der Waals surface area (Å²) in [6.07, 6.45) is 3.39. The van der Waals surface area contributed by atoms with E-state index in [1.807, 2.05) is 48.5 Å². The fraction of sp³-hybridized carbons (Fsp3) is 0.267. The zero-order chi connectivity index (χ0) is 23.8. The van der Waals surface area contributed by atoms with E-state index in [2.05, 4.69) is 4.90 Å². The second-order valence-electron chi connectivity index (χ2n) is 9.37. The van der Waals surface area contributed by atoms with Gasteiger partial charge in [0.1, 0.15) is 18.1 Å². The number of piperidine rings is 1. The number of hydrogen-bond acceptors (Lipinski definition) is 4. The van der Waals surface area contributed by atoms with E-state index >= 15 is 0 Å². The molecule has 1 fully saturated rings. The largest absolute Gasteiger partial charge is 0.508 e. The summed E-state index contributed by atoms with van der Waals surface area (Å²) < 4.78 is 27.1. The summed E-state index contributed by atoms with van der Waals surface area (Å²) in [5.41, 5.74) is 3.57. The highest BCUT2D eigenvalue weighted by Gasteiger charge is 2.31. The van der Waals surface area contributed by atoms with Crippen LogP contribution in [-0.2, 0) is 0 Å². The Balaban J connectivity index is 0.00000267. The van der Waals surface area contributed by atoms with Crippen LogP contribution in [-0.4, -0.2) is 36.2 Å². The van der Waals surface area contributed by atoms with Crippen LogP contribution in [0.3, 0.4) is 0 Å². The van der Waals surface area contributed by atoms with Gasteiger partial charge in [0.05, 0.1) is 0 Å². The van der Waals surface area contributed by atoms with Crippen molar-refractivity contribution >= 4 is 23.2 Å². The minimum absolute atomic E-state index is 0. The molecule has 2 aliphatic heterocycles. The van der Waals surface area contributed by atoms with Crippen molar-refractivity contribution in [3.8, 4) is 28.4 Å². The number of para-hydroxylation sites is 1. The molecule has 0 aliphatic carbocycles. The van der Waals surface area contributed by atoms with Crippen molar-refractivity contribution in [2.75, 3.05) is 26.2 Å². The molecule has 2 heterocycles. The molecular formula is C30H29ClFNO3. The predicted molar refractivity (Wildman–Crippen MR) is 143 cm³/mol. The molecule has 2 aliphatic rings. The quantitative estimate of drug-likeness (QED) is 0.313. The molecule has 0 bridgehead atoms. The van der Waals surface area contributed by atoms with E-state index in [9.17, 15) is 9.50 Å². The number of aromatic hydroxyl groups is 1. The van der Waals surface area contributed by atoms with E-state index < -0.39 is 6.10 Å². The number of halogens is 2. The van der Waals surface area contributed by atoms with Crippen LogP contribution in [0, 0.1) is 5.82 Å². The van der Waals surface area contributed by atoms with Gasteiger partial charge in [0, 0.05) is 17.7 Å². The molecule has 0 spiro atoms. The van der Waals surface area contributed by atoms with Crippen LogP contribution in [0.2, 0.25) is 0 Å². The van der Waals surface area contributed by atoms with Crippen LogP contribution in [0.5, 0.6) is 17.2 Å². The van der Waals surface area contributed by atoms with Crippen molar-refractivity contribution in [2.45, 2.75) is 25.4 Å². The van der Waals surface area contributed by atoms with Gasteiger partial charge in [-0.3, -0.25) is 4.90 Å². The number of hydrogen-bond donors (Lipinski definition) is 1. The third-order valence-electron chi connectivity index (χ3n) is 7.11. The van der Waals surface area contributed by atoms with Gasteiger partial charge in [0.25, 0.3) is 0 Å². The molecule has 4 aromatic rings. The van der Waals surface area contributed by atoms with Gasteiger partial charge in [0.15, 0.2) is 17.7 Å². The minimum Gasteiger partial charge on any atom is -0.508 e. The Morgan fingerprint density at radius 3 is 2.53 bits per heavy atom. The van der Waals surface area contributed by atoms with E-state index in [0.29, 0.717) is 6.61 Å². The maximum atomic E-state index is 14.8. The maximum Gasteiger partial charge on any atom is 0.165 e.